The van der Waals surface area contributed by atoms with Crippen LogP contribution in [0.1, 0.15) is 12.1 Å². The van der Waals surface area contributed by atoms with Gasteiger partial charge in [-0.05, 0) is 25.1 Å². The Morgan fingerprint density at radius 3 is 2.64 bits per heavy atom. The molecule has 0 aromatic carbocycles. The minimum Gasteiger partial charge on any atom is -0.351 e. The lowest BCUT2D eigenvalue weighted by molar-refractivity contribution is -0.136. The molecule has 0 aliphatic carbocycles. The van der Waals surface area contributed by atoms with Gasteiger partial charge >= 0.3 is 6.18 Å². The van der Waals surface area contributed by atoms with Crippen LogP contribution < -0.4 is 5.73 Å². The molecular formula is C9H13F3N2. The molecule has 0 spiro atoms. The molecule has 1 aromatic rings. The van der Waals surface area contributed by atoms with Crippen LogP contribution in [0.4, 0.5) is 13.2 Å². The van der Waals surface area contributed by atoms with Crippen molar-refractivity contribution in [2.75, 3.05) is 6.54 Å². The second kappa shape index (κ2) is 4.50. The fraction of sp³-hybridized carbons (Fsp3) is 0.556. The van der Waals surface area contributed by atoms with Gasteiger partial charge < -0.3 is 10.3 Å². The summed E-state index contributed by atoms with van der Waals surface area (Å²) in [5.41, 5.74) is 6.19. The summed E-state index contributed by atoms with van der Waals surface area (Å²) in [5, 5.41) is 0. The van der Waals surface area contributed by atoms with E-state index in [0.29, 0.717) is 13.0 Å². The van der Waals surface area contributed by atoms with E-state index in [1.165, 1.54) is 0 Å². The van der Waals surface area contributed by atoms with Gasteiger partial charge in [0.1, 0.15) is 0 Å². The van der Waals surface area contributed by atoms with Gasteiger partial charge in [0.25, 0.3) is 0 Å². The predicted molar refractivity (Wildman–Crippen MR) is 47.9 cm³/mol. The smallest absolute Gasteiger partial charge is 0.351 e. The minimum absolute atomic E-state index is 0.0220. The largest absolute Gasteiger partial charge is 0.390 e. The molecule has 0 aliphatic heterocycles. The number of halogens is 3. The van der Waals surface area contributed by atoms with Crippen LogP contribution in [0.2, 0.25) is 0 Å². The number of nitrogens with zero attached hydrogens (tertiary/aromatic N) is 1. The van der Waals surface area contributed by atoms with E-state index in [2.05, 4.69) is 0 Å². The van der Waals surface area contributed by atoms with Crippen LogP contribution in [-0.4, -0.2) is 17.3 Å². The molecule has 1 rings (SSSR count). The fourth-order valence-electron chi connectivity index (χ4n) is 1.29. The van der Waals surface area contributed by atoms with Gasteiger partial charge in [0.15, 0.2) is 0 Å². The summed E-state index contributed by atoms with van der Waals surface area (Å²) >= 11 is 0. The lowest BCUT2D eigenvalue weighted by Gasteiger charge is -2.10. The van der Waals surface area contributed by atoms with Gasteiger partial charge in [-0.15, -0.1) is 0 Å². The third-order valence-corrected chi connectivity index (χ3v) is 1.96. The Morgan fingerprint density at radius 2 is 2.07 bits per heavy atom. The lowest BCUT2D eigenvalue weighted by atomic mass is 10.3. The topological polar surface area (TPSA) is 30.9 Å². The molecule has 0 unspecified atom stereocenters. The van der Waals surface area contributed by atoms with Crippen molar-refractivity contribution in [3.8, 4) is 0 Å². The molecule has 14 heavy (non-hydrogen) atoms. The van der Waals surface area contributed by atoms with Gasteiger partial charge in [0, 0.05) is 18.4 Å². The Kier molecular flexibility index (Phi) is 3.57. The first-order chi connectivity index (χ1) is 6.53. The Hall–Kier alpha value is -0.970. The summed E-state index contributed by atoms with van der Waals surface area (Å²) in [6.45, 7) is 0.432. The highest BCUT2D eigenvalue weighted by atomic mass is 19.4. The van der Waals surface area contributed by atoms with Crippen LogP contribution in [0.3, 0.4) is 0 Å². The summed E-state index contributed by atoms with van der Waals surface area (Å²) in [5.74, 6) is 0. The monoisotopic (exact) mass is 206 g/mol. The number of aromatic nitrogens is 1. The van der Waals surface area contributed by atoms with Crippen molar-refractivity contribution in [3.05, 3.63) is 24.0 Å². The highest BCUT2D eigenvalue weighted by molar-refractivity contribution is 5.07. The summed E-state index contributed by atoms with van der Waals surface area (Å²) in [6, 6.07) is 3.53. The normalized spacial score (nSPS) is 12.0. The van der Waals surface area contributed by atoms with Gasteiger partial charge in [-0.3, -0.25) is 0 Å². The van der Waals surface area contributed by atoms with E-state index >= 15 is 0 Å². The van der Waals surface area contributed by atoms with E-state index in [1.807, 2.05) is 0 Å². The molecule has 0 radical (unpaired) electrons. The second-order valence-electron chi connectivity index (χ2n) is 3.10. The van der Waals surface area contributed by atoms with Crippen LogP contribution in [0.15, 0.2) is 18.3 Å². The molecule has 1 heterocycles. The second-order valence-corrected chi connectivity index (χ2v) is 3.10. The van der Waals surface area contributed by atoms with Crippen LogP contribution in [-0.2, 0) is 13.0 Å². The third-order valence-electron chi connectivity index (χ3n) is 1.96. The van der Waals surface area contributed by atoms with Gasteiger partial charge in [-0.2, -0.15) is 13.2 Å². The maximum atomic E-state index is 11.9. The number of rotatable bonds is 4. The lowest BCUT2D eigenvalue weighted by Crippen LogP contribution is -2.14. The van der Waals surface area contributed by atoms with Crippen LogP contribution in [0.5, 0.6) is 0 Å². The van der Waals surface area contributed by atoms with E-state index in [1.54, 1.807) is 22.9 Å². The Labute approximate surface area is 80.5 Å². The molecule has 5 heteroatoms. The molecule has 0 saturated carbocycles. The maximum absolute atomic E-state index is 11.9. The number of hydrogen-bond donors (Lipinski definition) is 1. The standard InChI is InChI=1S/C9H13F3N2/c10-9(11,12)4-7-14-6-1-2-8(14)3-5-13/h1-2,6H,3-5,7,13H2. The third kappa shape index (κ3) is 3.41. The first kappa shape index (κ1) is 11.1. The summed E-state index contributed by atoms with van der Waals surface area (Å²) in [4.78, 5) is 0. The SMILES string of the molecule is NCCc1cccn1CCC(F)(F)F. The maximum Gasteiger partial charge on any atom is 0.390 e. The van der Waals surface area contributed by atoms with Crippen molar-refractivity contribution in [1.29, 1.82) is 0 Å². The van der Waals surface area contributed by atoms with Crippen molar-refractivity contribution in [1.82, 2.24) is 4.57 Å². The van der Waals surface area contributed by atoms with E-state index < -0.39 is 12.6 Å². The zero-order chi connectivity index (χ0) is 10.6. The zero-order valence-corrected chi connectivity index (χ0v) is 7.72. The first-order valence-electron chi connectivity index (χ1n) is 4.44. The average Bonchev–Trinajstić information content (AvgIpc) is 2.48. The Balaban J connectivity index is 2.53. The predicted octanol–water partition coefficient (Wildman–Crippen LogP) is 1.94. The van der Waals surface area contributed by atoms with Gasteiger partial charge in [0.2, 0.25) is 0 Å². The zero-order valence-electron chi connectivity index (χ0n) is 7.72. The molecule has 0 aliphatic rings. The molecule has 1 aromatic heterocycles. The Bertz CT molecular complexity index is 278. The number of alkyl halides is 3. The van der Waals surface area contributed by atoms with Crippen molar-refractivity contribution in [2.24, 2.45) is 5.73 Å². The molecule has 0 atom stereocenters. The van der Waals surface area contributed by atoms with E-state index in [9.17, 15) is 13.2 Å². The average molecular weight is 206 g/mol. The first-order valence-corrected chi connectivity index (χ1v) is 4.44. The van der Waals surface area contributed by atoms with Crippen molar-refractivity contribution >= 4 is 0 Å². The highest BCUT2D eigenvalue weighted by Crippen LogP contribution is 2.20. The highest BCUT2D eigenvalue weighted by Gasteiger charge is 2.26. The van der Waals surface area contributed by atoms with Crippen molar-refractivity contribution in [3.63, 3.8) is 0 Å². The molecule has 0 bridgehead atoms. The van der Waals surface area contributed by atoms with Gasteiger partial charge in [-0.1, -0.05) is 0 Å². The summed E-state index contributed by atoms with van der Waals surface area (Å²) in [6.07, 6.45) is -2.62. The molecule has 2 N–H and O–H groups in total. The van der Waals surface area contributed by atoms with E-state index in [-0.39, 0.29) is 6.54 Å². The van der Waals surface area contributed by atoms with Crippen LogP contribution in [0.25, 0.3) is 0 Å². The number of aryl methyl sites for hydroxylation is 1. The van der Waals surface area contributed by atoms with Crippen molar-refractivity contribution < 1.29 is 13.2 Å². The number of nitrogens with two attached hydrogens (primary N) is 1. The van der Waals surface area contributed by atoms with Crippen LogP contribution in [0, 0.1) is 0 Å². The molecule has 0 fully saturated rings. The molecule has 80 valence electrons. The fourth-order valence-corrected chi connectivity index (χ4v) is 1.29. The van der Waals surface area contributed by atoms with Crippen molar-refractivity contribution in [2.45, 2.75) is 25.6 Å². The van der Waals surface area contributed by atoms with E-state index in [0.717, 1.165) is 5.69 Å². The molecule has 2 nitrogen and oxygen atoms in total. The summed E-state index contributed by atoms with van der Waals surface area (Å²) < 4.78 is 37.4. The molecule has 0 amide bonds. The summed E-state index contributed by atoms with van der Waals surface area (Å²) in [7, 11) is 0. The van der Waals surface area contributed by atoms with Crippen LogP contribution >= 0.6 is 0 Å². The quantitative estimate of drug-likeness (QED) is 0.801. The molecule has 0 saturated heterocycles. The van der Waals surface area contributed by atoms with Gasteiger partial charge in [-0.25, -0.2) is 0 Å². The van der Waals surface area contributed by atoms with E-state index in [4.69, 9.17) is 5.73 Å². The Morgan fingerprint density at radius 1 is 1.36 bits per heavy atom. The molecular weight excluding hydrogens is 193 g/mol. The van der Waals surface area contributed by atoms with Gasteiger partial charge in [0.05, 0.1) is 6.42 Å². The number of hydrogen-bond acceptors (Lipinski definition) is 1. The minimum atomic E-state index is -4.09.